The van der Waals surface area contributed by atoms with Gasteiger partial charge in [0, 0.05) is 6.54 Å². The molecule has 0 aromatic heterocycles. The molecule has 2 aromatic rings. The van der Waals surface area contributed by atoms with E-state index in [4.69, 9.17) is 4.74 Å². The summed E-state index contributed by atoms with van der Waals surface area (Å²) < 4.78 is 5.17. The van der Waals surface area contributed by atoms with Crippen molar-refractivity contribution < 1.29 is 9.53 Å². The van der Waals surface area contributed by atoms with E-state index in [0.29, 0.717) is 17.9 Å². The standard InChI is InChI=1S/C17H17NO2/c1-13(14-8-4-3-5-9-14)12-18-17(19)15-10-6-7-11-16(15)20-2/h3-11H,1,12H2,2H3,(H,18,19). The molecule has 2 rings (SSSR count). The Bertz CT molecular complexity index is 605. The lowest BCUT2D eigenvalue weighted by molar-refractivity contribution is 0.0955. The number of rotatable bonds is 5. The molecule has 2 aromatic carbocycles. The number of benzene rings is 2. The Morgan fingerprint density at radius 3 is 2.45 bits per heavy atom. The fourth-order valence-corrected chi connectivity index (χ4v) is 1.89. The third-order valence-corrected chi connectivity index (χ3v) is 3.00. The molecule has 102 valence electrons. The van der Waals surface area contributed by atoms with Crippen LogP contribution in [0.25, 0.3) is 5.57 Å². The number of hydrogen-bond donors (Lipinski definition) is 1. The number of methoxy groups -OCH3 is 1. The quantitative estimate of drug-likeness (QED) is 0.903. The van der Waals surface area contributed by atoms with Gasteiger partial charge in [0.2, 0.25) is 0 Å². The number of para-hydroxylation sites is 1. The van der Waals surface area contributed by atoms with Crippen LogP contribution in [0.4, 0.5) is 0 Å². The Morgan fingerprint density at radius 1 is 1.10 bits per heavy atom. The maximum atomic E-state index is 12.1. The molecule has 0 aliphatic rings. The smallest absolute Gasteiger partial charge is 0.255 e. The van der Waals surface area contributed by atoms with Crippen molar-refractivity contribution in [3.63, 3.8) is 0 Å². The fourth-order valence-electron chi connectivity index (χ4n) is 1.89. The summed E-state index contributed by atoms with van der Waals surface area (Å²) in [7, 11) is 1.55. The lowest BCUT2D eigenvalue weighted by Crippen LogP contribution is -2.25. The third-order valence-electron chi connectivity index (χ3n) is 3.00. The first-order valence-corrected chi connectivity index (χ1v) is 6.37. The zero-order valence-electron chi connectivity index (χ0n) is 11.4. The minimum absolute atomic E-state index is 0.167. The third kappa shape index (κ3) is 3.26. The predicted octanol–water partition coefficient (Wildman–Crippen LogP) is 3.14. The van der Waals surface area contributed by atoms with Gasteiger partial charge in [-0.05, 0) is 23.3 Å². The first-order chi connectivity index (χ1) is 9.72. The zero-order chi connectivity index (χ0) is 14.4. The van der Waals surface area contributed by atoms with Gasteiger partial charge in [-0.3, -0.25) is 4.79 Å². The first kappa shape index (κ1) is 13.9. The van der Waals surface area contributed by atoms with Crippen LogP contribution in [0.5, 0.6) is 5.75 Å². The van der Waals surface area contributed by atoms with E-state index >= 15 is 0 Å². The van der Waals surface area contributed by atoms with Gasteiger partial charge in [0.25, 0.3) is 5.91 Å². The second-order valence-electron chi connectivity index (χ2n) is 4.35. The molecule has 3 nitrogen and oxygen atoms in total. The van der Waals surface area contributed by atoms with Crippen molar-refractivity contribution in [1.82, 2.24) is 5.32 Å². The summed E-state index contributed by atoms with van der Waals surface area (Å²) in [5, 5.41) is 2.85. The number of amides is 1. The van der Waals surface area contributed by atoms with Gasteiger partial charge < -0.3 is 10.1 Å². The van der Waals surface area contributed by atoms with Crippen molar-refractivity contribution in [3.05, 3.63) is 72.3 Å². The Kier molecular flexibility index (Phi) is 4.56. The van der Waals surface area contributed by atoms with Gasteiger partial charge in [-0.15, -0.1) is 0 Å². The monoisotopic (exact) mass is 267 g/mol. The number of carbonyl (C=O) groups excluding carboxylic acids is 1. The van der Waals surface area contributed by atoms with Crippen LogP contribution in [0, 0.1) is 0 Å². The second-order valence-corrected chi connectivity index (χ2v) is 4.35. The van der Waals surface area contributed by atoms with E-state index in [2.05, 4.69) is 11.9 Å². The molecule has 0 saturated carbocycles. The molecule has 0 aliphatic heterocycles. The van der Waals surface area contributed by atoms with Gasteiger partial charge in [-0.2, -0.15) is 0 Å². The van der Waals surface area contributed by atoms with E-state index in [1.807, 2.05) is 42.5 Å². The molecule has 0 aliphatic carbocycles. The van der Waals surface area contributed by atoms with Crippen molar-refractivity contribution in [3.8, 4) is 5.75 Å². The summed E-state index contributed by atoms with van der Waals surface area (Å²) in [6.07, 6.45) is 0. The molecule has 0 fully saturated rings. The molecule has 0 unspecified atom stereocenters. The van der Waals surface area contributed by atoms with Gasteiger partial charge in [-0.1, -0.05) is 49.0 Å². The summed E-state index contributed by atoms with van der Waals surface area (Å²) in [5.74, 6) is 0.398. The minimum atomic E-state index is -0.167. The summed E-state index contributed by atoms with van der Waals surface area (Å²) >= 11 is 0. The Morgan fingerprint density at radius 2 is 1.75 bits per heavy atom. The largest absolute Gasteiger partial charge is 0.496 e. The number of nitrogens with one attached hydrogen (secondary N) is 1. The van der Waals surface area contributed by atoms with Crippen molar-refractivity contribution in [1.29, 1.82) is 0 Å². The summed E-state index contributed by atoms with van der Waals surface area (Å²) in [5.41, 5.74) is 2.41. The lowest BCUT2D eigenvalue weighted by atomic mass is 10.1. The van der Waals surface area contributed by atoms with Gasteiger partial charge in [-0.25, -0.2) is 0 Å². The Balaban J connectivity index is 2.01. The number of carbonyl (C=O) groups is 1. The van der Waals surface area contributed by atoms with Crippen LogP contribution in [0.2, 0.25) is 0 Å². The van der Waals surface area contributed by atoms with E-state index in [1.165, 1.54) is 0 Å². The lowest BCUT2D eigenvalue weighted by Gasteiger charge is -2.10. The van der Waals surface area contributed by atoms with Crippen molar-refractivity contribution in [2.24, 2.45) is 0 Å². The zero-order valence-corrected chi connectivity index (χ0v) is 11.4. The summed E-state index contributed by atoms with van der Waals surface area (Å²) in [6.45, 7) is 4.39. The molecule has 20 heavy (non-hydrogen) atoms. The maximum Gasteiger partial charge on any atom is 0.255 e. The van der Waals surface area contributed by atoms with Crippen LogP contribution in [-0.2, 0) is 0 Å². The topological polar surface area (TPSA) is 38.3 Å². The molecule has 1 N–H and O–H groups in total. The molecule has 0 spiro atoms. The predicted molar refractivity (Wildman–Crippen MR) is 80.8 cm³/mol. The molecular formula is C17H17NO2. The Hall–Kier alpha value is -2.55. The molecule has 0 bridgehead atoms. The molecule has 0 atom stereocenters. The van der Waals surface area contributed by atoms with Gasteiger partial charge in [0.15, 0.2) is 0 Å². The van der Waals surface area contributed by atoms with Crippen LogP contribution in [0.3, 0.4) is 0 Å². The number of ether oxygens (including phenoxy) is 1. The Labute approximate surface area is 118 Å². The van der Waals surface area contributed by atoms with Crippen LogP contribution in [0.15, 0.2) is 61.2 Å². The highest BCUT2D eigenvalue weighted by atomic mass is 16.5. The van der Waals surface area contributed by atoms with Crippen LogP contribution < -0.4 is 10.1 Å². The molecule has 0 radical (unpaired) electrons. The van der Waals surface area contributed by atoms with E-state index in [-0.39, 0.29) is 5.91 Å². The van der Waals surface area contributed by atoms with E-state index in [9.17, 15) is 4.79 Å². The van der Waals surface area contributed by atoms with E-state index in [1.54, 1.807) is 19.2 Å². The SMILES string of the molecule is C=C(CNC(=O)c1ccccc1OC)c1ccccc1. The molecular weight excluding hydrogens is 250 g/mol. The first-order valence-electron chi connectivity index (χ1n) is 6.37. The number of hydrogen-bond acceptors (Lipinski definition) is 2. The van der Waals surface area contributed by atoms with Crippen LogP contribution >= 0.6 is 0 Å². The summed E-state index contributed by atoms with van der Waals surface area (Å²) in [6, 6.07) is 16.9. The molecule has 0 saturated heterocycles. The normalized spacial score (nSPS) is 9.85. The van der Waals surface area contributed by atoms with E-state index < -0.39 is 0 Å². The van der Waals surface area contributed by atoms with Gasteiger partial charge >= 0.3 is 0 Å². The highest BCUT2D eigenvalue weighted by Gasteiger charge is 2.11. The van der Waals surface area contributed by atoms with Crippen LogP contribution in [0.1, 0.15) is 15.9 Å². The van der Waals surface area contributed by atoms with Crippen molar-refractivity contribution in [2.45, 2.75) is 0 Å². The van der Waals surface area contributed by atoms with Crippen molar-refractivity contribution >= 4 is 11.5 Å². The molecule has 3 heteroatoms. The second kappa shape index (κ2) is 6.57. The highest BCUT2D eigenvalue weighted by Crippen LogP contribution is 2.17. The van der Waals surface area contributed by atoms with Crippen molar-refractivity contribution in [2.75, 3.05) is 13.7 Å². The van der Waals surface area contributed by atoms with Crippen LogP contribution in [-0.4, -0.2) is 19.6 Å². The summed E-state index contributed by atoms with van der Waals surface area (Å²) in [4.78, 5) is 12.1. The van der Waals surface area contributed by atoms with Gasteiger partial charge in [0.1, 0.15) is 5.75 Å². The van der Waals surface area contributed by atoms with Gasteiger partial charge in [0.05, 0.1) is 12.7 Å². The minimum Gasteiger partial charge on any atom is -0.496 e. The molecule has 1 amide bonds. The highest BCUT2D eigenvalue weighted by molar-refractivity contribution is 5.97. The molecule has 0 heterocycles. The average Bonchev–Trinajstić information content (AvgIpc) is 2.53. The average molecular weight is 267 g/mol. The fraction of sp³-hybridized carbons (Fsp3) is 0.118. The van der Waals surface area contributed by atoms with E-state index in [0.717, 1.165) is 11.1 Å². The maximum absolute atomic E-state index is 12.1.